The summed E-state index contributed by atoms with van der Waals surface area (Å²) in [5.74, 6) is -0.196. The van der Waals surface area contributed by atoms with E-state index >= 15 is 0 Å². The van der Waals surface area contributed by atoms with Crippen LogP contribution in [0.2, 0.25) is 5.02 Å². The molecule has 7 heteroatoms. The van der Waals surface area contributed by atoms with Gasteiger partial charge in [-0.25, -0.2) is 0 Å². The molecule has 0 aromatic heterocycles. The number of amides is 1. The number of hydrogen-bond donors (Lipinski definition) is 0. The average Bonchev–Trinajstić information content (AvgIpc) is 2.36. The lowest BCUT2D eigenvalue weighted by atomic mass is 10.1. The lowest BCUT2D eigenvalue weighted by Gasteiger charge is -2.38. The predicted molar refractivity (Wildman–Crippen MR) is 74.0 cm³/mol. The maximum Gasteiger partial charge on any atom is 0.287 e. The fraction of sp³-hybridized carbons (Fsp3) is 0.462. The number of halogens is 1. The second kappa shape index (κ2) is 5.38. The molecule has 0 unspecified atom stereocenters. The van der Waals surface area contributed by atoms with Gasteiger partial charge in [-0.3, -0.25) is 14.9 Å². The Bertz CT molecular complexity index is 559. The molecule has 6 nitrogen and oxygen atoms in total. The molecule has 2 rings (SSSR count). The average molecular weight is 299 g/mol. The summed E-state index contributed by atoms with van der Waals surface area (Å²) in [6.07, 6.45) is 0. The maximum absolute atomic E-state index is 12.4. The van der Waals surface area contributed by atoms with Crippen molar-refractivity contribution in [1.29, 1.82) is 0 Å². The van der Waals surface area contributed by atoms with Crippen LogP contribution < -0.4 is 0 Å². The minimum atomic E-state index is -0.575. The van der Waals surface area contributed by atoms with Crippen LogP contribution in [-0.4, -0.2) is 41.0 Å². The zero-order valence-electron chi connectivity index (χ0n) is 11.3. The van der Waals surface area contributed by atoms with E-state index in [0.717, 1.165) is 0 Å². The van der Waals surface area contributed by atoms with Gasteiger partial charge in [-0.15, -0.1) is 0 Å². The first-order valence-corrected chi connectivity index (χ1v) is 6.55. The zero-order chi connectivity index (χ0) is 14.9. The maximum atomic E-state index is 12.4. The van der Waals surface area contributed by atoms with Gasteiger partial charge >= 0.3 is 0 Å². The number of nitrogens with zero attached hydrogens (tertiary/aromatic N) is 2. The number of carbonyl (C=O) groups is 1. The van der Waals surface area contributed by atoms with E-state index in [1.807, 2.05) is 13.8 Å². The van der Waals surface area contributed by atoms with Crippen molar-refractivity contribution in [2.45, 2.75) is 19.4 Å². The van der Waals surface area contributed by atoms with Crippen molar-refractivity contribution in [2.75, 3.05) is 19.7 Å². The molecule has 1 aromatic rings. The lowest BCUT2D eigenvalue weighted by Crippen LogP contribution is -2.50. The van der Waals surface area contributed by atoms with Crippen molar-refractivity contribution in [2.24, 2.45) is 0 Å². The third kappa shape index (κ3) is 3.08. The van der Waals surface area contributed by atoms with Gasteiger partial charge in [0.05, 0.1) is 17.1 Å². The molecular weight excluding hydrogens is 284 g/mol. The Balaban J connectivity index is 2.21. The monoisotopic (exact) mass is 298 g/mol. The number of nitro groups is 1. The first-order chi connectivity index (χ1) is 9.30. The largest absolute Gasteiger partial charge is 0.372 e. The van der Waals surface area contributed by atoms with Gasteiger partial charge in [-0.2, -0.15) is 0 Å². The molecule has 0 saturated carbocycles. The second-order valence-electron chi connectivity index (χ2n) is 5.26. The van der Waals surface area contributed by atoms with Crippen molar-refractivity contribution >= 4 is 23.2 Å². The second-order valence-corrected chi connectivity index (χ2v) is 5.67. The number of morpholine rings is 1. The fourth-order valence-electron chi connectivity index (χ4n) is 2.16. The summed E-state index contributed by atoms with van der Waals surface area (Å²) in [6.45, 7) is 5.27. The molecule has 1 amide bonds. The minimum absolute atomic E-state index is 0.0339. The number of benzene rings is 1. The molecular formula is C13H15ClN2O4. The van der Waals surface area contributed by atoms with E-state index < -0.39 is 10.5 Å². The number of nitro benzene ring substituents is 1. The number of carbonyl (C=O) groups excluding carboxylic acids is 1. The van der Waals surface area contributed by atoms with Crippen LogP contribution >= 0.6 is 11.6 Å². The van der Waals surface area contributed by atoms with Crippen molar-refractivity contribution in [3.05, 3.63) is 38.9 Å². The van der Waals surface area contributed by atoms with Gasteiger partial charge in [-0.05, 0) is 26.0 Å². The van der Waals surface area contributed by atoms with E-state index in [4.69, 9.17) is 16.3 Å². The molecule has 0 N–H and O–H groups in total. The molecule has 0 spiro atoms. The third-order valence-corrected chi connectivity index (χ3v) is 3.41. The predicted octanol–water partition coefficient (Wildman–Crippen LogP) is 2.50. The molecule has 1 aliphatic heterocycles. The van der Waals surface area contributed by atoms with Crippen molar-refractivity contribution in [1.82, 2.24) is 4.90 Å². The summed E-state index contributed by atoms with van der Waals surface area (Å²) < 4.78 is 5.55. The van der Waals surface area contributed by atoms with Gasteiger partial charge in [0.15, 0.2) is 0 Å². The van der Waals surface area contributed by atoms with Crippen LogP contribution in [-0.2, 0) is 4.74 Å². The Morgan fingerprint density at radius 3 is 2.75 bits per heavy atom. The Labute approximate surface area is 121 Å². The molecule has 20 heavy (non-hydrogen) atoms. The smallest absolute Gasteiger partial charge is 0.287 e. The Morgan fingerprint density at radius 1 is 1.50 bits per heavy atom. The van der Waals surface area contributed by atoms with E-state index in [1.165, 1.54) is 18.2 Å². The van der Waals surface area contributed by atoms with Gasteiger partial charge in [0.25, 0.3) is 11.6 Å². The van der Waals surface area contributed by atoms with E-state index in [9.17, 15) is 14.9 Å². The van der Waals surface area contributed by atoms with Crippen LogP contribution in [0.4, 0.5) is 5.69 Å². The van der Waals surface area contributed by atoms with Gasteiger partial charge in [0, 0.05) is 24.7 Å². The Morgan fingerprint density at radius 2 is 2.20 bits per heavy atom. The molecule has 0 radical (unpaired) electrons. The Hall–Kier alpha value is -1.66. The molecule has 0 aliphatic carbocycles. The molecule has 0 bridgehead atoms. The summed E-state index contributed by atoms with van der Waals surface area (Å²) in [7, 11) is 0. The highest BCUT2D eigenvalue weighted by Gasteiger charge is 2.30. The summed E-state index contributed by atoms with van der Waals surface area (Å²) in [6, 6.07) is 4.01. The fourth-order valence-corrected chi connectivity index (χ4v) is 2.41. The number of hydrogen-bond acceptors (Lipinski definition) is 4. The molecule has 1 aromatic carbocycles. The number of ether oxygens (including phenoxy) is 1. The Kier molecular flexibility index (Phi) is 3.96. The van der Waals surface area contributed by atoms with Gasteiger partial charge < -0.3 is 9.64 Å². The van der Waals surface area contributed by atoms with Gasteiger partial charge in [0.2, 0.25) is 0 Å². The van der Waals surface area contributed by atoms with Crippen molar-refractivity contribution in [3.8, 4) is 0 Å². The first-order valence-electron chi connectivity index (χ1n) is 6.17. The van der Waals surface area contributed by atoms with E-state index in [-0.39, 0.29) is 16.6 Å². The standard InChI is InChI=1S/C13H15ClN2O4/c1-13(2)8-15(5-6-20-13)12(17)9-3-4-11(16(18)19)10(14)7-9/h3-4,7H,5-6,8H2,1-2H3. The highest BCUT2D eigenvalue weighted by molar-refractivity contribution is 6.33. The van der Waals surface area contributed by atoms with Crippen LogP contribution in [0, 0.1) is 10.1 Å². The van der Waals surface area contributed by atoms with Gasteiger partial charge in [-0.1, -0.05) is 11.6 Å². The first kappa shape index (κ1) is 14.7. The zero-order valence-corrected chi connectivity index (χ0v) is 12.0. The van der Waals surface area contributed by atoms with E-state index in [0.29, 0.717) is 25.3 Å². The third-order valence-electron chi connectivity index (χ3n) is 3.10. The highest BCUT2D eigenvalue weighted by atomic mass is 35.5. The normalized spacial score (nSPS) is 17.9. The van der Waals surface area contributed by atoms with Crippen LogP contribution in [0.3, 0.4) is 0 Å². The summed E-state index contributed by atoms with van der Waals surface area (Å²) in [4.78, 5) is 24.2. The highest BCUT2D eigenvalue weighted by Crippen LogP contribution is 2.26. The molecule has 108 valence electrons. The lowest BCUT2D eigenvalue weighted by molar-refractivity contribution is -0.384. The van der Waals surface area contributed by atoms with Gasteiger partial charge in [0.1, 0.15) is 5.02 Å². The molecule has 1 saturated heterocycles. The van der Waals surface area contributed by atoms with Crippen LogP contribution in [0.5, 0.6) is 0 Å². The number of rotatable bonds is 2. The topological polar surface area (TPSA) is 72.7 Å². The van der Waals surface area contributed by atoms with Crippen molar-refractivity contribution in [3.63, 3.8) is 0 Å². The SMILES string of the molecule is CC1(C)CN(C(=O)c2ccc([N+](=O)[O-])c(Cl)c2)CCO1. The van der Waals surface area contributed by atoms with Crippen LogP contribution in [0.25, 0.3) is 0 Å². The van der Waals surface area contributed by atoms with E-state index in [2.05, 4.69) is 0 Å². The van der Waals surface area contributed by atoms with E-state index in [1.54, 1.807) is 4.90 Å². The van der Waals surface area contributed by atoms with Crippen LogP contribution in [0.1, 0.15) is 24.2 Å². The summed E-state index contributed by atoms with van der Waals surface area (Å²) >= 11 is 5.83. The molecule has 1 aliphatic rings. The minimum Gasteiger partial charge on any atom is -0.372 e. The molecule has 0 atom stereocenters. The molecule has 1 heterocycles. The summed E-state index contributed by atoms with van der Waals surface area (Å²) in [5, 5.41) is 10.7. The quantitative estimate of drug-likeness (QED) is 0.621. The van der Waals surface area contributed by atoms with Crippen LogP contribution in [0.15, 0.2) is 18.2 Å². The summed E-state index contributed by atoms with van der Waals surface area (Å²) in [5.41, 5.74) is -0.248. The van der Waals surface area contributed by atoms with Crippen molar-refractivity contribution < 1.29 is 14.5 Å². The molecule has 1 fully saturated rings.